The highest BCUT2D eigenvalue weighted by Crippen LogP contribution is 2.40. The Balaban J connectivity index is 2.10. The summed E-state index contributed by atoms with van der Waals surface area (Å²) in [5.74, 6) is -0.0149. The molecule has 0 aromatic carbocycles. The molecule has 3 rings (SSSR count). The summed E-state index contributed by atoms with van der Waals surface area (Å²) in [4.78, 5) is 3.94. The molecule has 0 bridgehead atoms. The molecule has 20 heavy (non-hydrogen) atoms. The van der Waals surface area contributed by atoms with Crippen LogP contribution in [0.4, 0.5) is 10.2 Å². The predicted molar refractivity (Wildman–Crippen MR) is 70.9 cm³/mol. The molecule has 0 radical (unpaired) electrons. The van der Waals surface area contributed by atoms with Gasteiger partial charge in [0.25, 0.3) is 0 Å². The highest BCUT2D eigenvalue weighted by molar-refractivity contribution is 5.70. The van der Waals surface area contributed by atoms with Gasteiger partial charge in [0.2, 0.25) is 0 Å². The van der Waals surface area contributed by atoms with Crippen LogP contribution in [-0.2, 0) is 4.74 Å². The third kappa shape index (κ3) is 1.77. The van der Waals surface area contributed by atoms with E-state index in [4.69, 9.17) is 10.5 Å². The molecule has 6 nitrogen and oxygen atoms in total. The van der Waals surface area contributed by atoms with E-state index in [0.29, 0.717) is 17.0 Å². The van der Waals surface area contributed by atoms with E-state index in [2.05, 4.69) is 10.1 Å². The molecule has 1 fully saturated rings. The number of halogens is 1. The second-order valence-corrected chi connectivity index (χ2v) is 5.24. The molecule has 1 aliphatic heterocycles. The van der Waals surface area contributed by atoms with E-state index in [-0.39, 0.29) is 12.5 Å². The van der Waals surface area contributed by atoms with Gasteiger partial charge in [0, 0.05) is 5.92 Å². The lowest BCUT2D eigenvalue weighted by molar-refractivity contribution is -0.00712. The lowest BCUT2D eigenvalue weighted by atomic mass is 9.99. The lowest BCUT2D eigenvalue weighted by Crippen LogP contribution is -2.21. The van der Waals surface area contributed by atoms with Crippen molar-refractivity contribution in [3.05, 3.63) is 23.7 Å². The first-order chi connectivity index (χ1) is 9.54. The minimum Gasteiger partial charge on any atom is -0.394 e. The van der Waals surface area contributed by atoms with Crippen molar-refractivity contribution in [2.75, 3.05) is 12.3 Å². The summed E-state index contributed by atoms with van der Waals surface area (Å²) in [5.41, 5.74) is 7.97. The topological polar surface area (TPSA) is 85.7 Å². The number of fused-ring (bicyclic) bond motifs is 1. The first kappa shape index (κ1) is 13.3. The number of anilines is 1. The van der Waals surface area contributed by atoms with Crippen LogP contribution in [0.1, 0.15) is 24.3 Å². The van der Waals surface area contributed by atoms with Gasteiger partial charge in [0.1, 0.15) is 24.1 Å². The molecular formula is C13H17FN4O2. The number of aliphatic hydroxyl groups excluding tert-OH is 1. The number of nitrogens with two attached hydrogens (primary N) is 1. The van der Waals surface area contributed by atoms with Crippen molar-refractivity contribution in [3.8, 4) is 0 Å². The number of ether oxygens (including phenoxy) is 1. The fourth-order valence-corrected chi connectivity index (χ4v) is 2.80. The number of aliphatic hydroxyl groups is 1. The van der Waals surface area contributed by atoms with Crippen LogP contribution in [0.2, 0.25) is 0 Å². The Morgan fingerprint density at radius 2 is 2.30 bits per heavy atom. The predicted octanol–water partition coefficient (Wildman–Crippen LogP) is 1.03. The van der Waals surface area contributed by atoms with Crippen LogP contribution in [0.15, 0.2) is 12.4 Å². The van der Waals surface area contributed by atoms with Gasteiger partial charge in [0.15, 0.2) is 5.82 Å². The van der Waals surface area contributed by atoms with E-state index in [9.17, 15) is 9.50 Å². The highest BCUT2D eigenvalue weighted by atomic mass is 19.1. The summed E-state index contributed by atoms with van der Waals surface area (Å²) >= 11 is 0. The minimum absolute atomic E-state index is 0.197. The molecule has 0 unspecified atom stereocenters. The quantitative estimate of drug-likeness (QED) is 0.858. The molecule has 1 saturated heterocycles. The van der Waals surface area contributed by atoms with E-state index < -0.39 is 18.4 Å². The molecule has 1 aliphatic rings. The van der Waals surface area contributed by atoms with Gasteiger partial charge in [-0.1, -0.05) is 6.92 Å². The molecule has 0 spiro atoms. The molecule has 0 amide bonds. The van der Waals surface area contributed by atoms with E-state index in [1.54, 1.807) is 11.4 Å². The van der Waals surface area contributed by atoms with Crippen LogP contribution in [0, 0.1) is 12.8 Å². The fraction of sp³-hybridized carbons (Fsp3) is 0.538. The van der Waals surface area contributed by atoms with Crippen LogP contribution in [0.5, 0.6) is 0 Å². The van der Waals surface area contributed by atoms with Gasteiger partial charge >= 0.3 is 0 Å². The Morgan fingerprint density at radius 1 is 1.55 bits per heavy atom. The van der Waals surface area contributed by atoms with Gasteiger partial charge in [0.05, 0.1) is 18.4 Å². The molecule has 3 N–H and O–H groups in total. The summed E-state index contributed by atoms with van der Waals surface area (Å²) in [6.07, 6.45) is -1.11. The number of aryl methyl sites for hydroxylation is 1. The monoisotopic (exact) mass is 280 g/mol. The van der Waals surface area contributed by atoms with Crippen LogP contribution in [0.3, 0.4) is 0 Å². The van der Waals surface area contributed by atoms with Crippen molar-refractivity contribution in [3.63, 3.8) is 0 Å². The third-order valence-electron chi connectivity index (χ3n) is 3.97. The number of hydrogen-bond acceptors (Lipinski definition) is 5. The number of aromatic nitrogens is 3. The Morgan fingerprint density at radius 3 is 2.95 bits per heavy atom. The van der Waals surface area contributed by atoms with Gasteiger partial charge in [-0.15, -0.1) is 0 Å². The minimum atomic E-state index is -1.19. The second-order valence-electron chi connectivity index (χ2n) is 5.24. The summed E-state index contributed by atoms with van der Waals surface area (Å²) in [6.45, 7) is 3.41. The van der Waals surface area contributed by atoms with Crippen LogP contribution in [-0.4, -0.2) is 38.6 Å². The summed E-state index contributed by atoms with van der Waals surface area (Å²) in [7, 11) is 0. The maximum absolute atomic E-state index is 14.4. The number of nitrogen functional groups attached to an aromatic ring is 1. The lowest BCUT2D eigenvalue weighted by Gasteiger charge is -2.13. The number of alkyl halides is 1. The Labute approximate surface area is 115 Å². The smallest absolute Gasteiger partial charge is 0.151 e. The van der Waals surface area contributed by atoms with Gasteiger partial charge in [-0.05, 0) is 18.6 Å². The number of nitrogens with zero attached hydrogens (tertiary/aromatic N) is 3. The third-order valence-corrected chi connectivity index (χ3v) is 3.97. The number of hydrogen-bond donors (Lipinski definition) is 2. The van der Waals surface area contributed by atoms with Crippen molar-refractivity contribution in [1.82, 2.24) is 14.6 Å². The first-order valence-electron chi connectivity index (χ1n) is 6.53. The largest absolute Gasteiger partial charge is 0.394 e. The molecular weight excluding hydrogens is 263 g/mol. The standard InChI is InChI=1S/C13H17FN4O2/c1-6-3-8(18-11(6)13(15)16-5-17-18)12-10(14)7(2)9(4-19)20-12/h3,5,7,9-10,12,19H,4H2,1-2H3,(H2,15,16,17)/t7-,9-,10-,12+/m1/s1. The average molecular weight is 280 g/mol. The summed E-state index contributed by atoms with van der Waals surface area (Å²) in [5, 5.41) is 13.4. The Kier molecular flexibility index (Phi) is 3.10. The zero-order valence-corrected chi connectivity index (χ0v) is 11.3. The van der Waals surface area contributed by atoms with E-state index in [0.717, 1.165) is 5.56 Å². The average Bonchev–Trinajstić information content (AvgIpc) is 2.90. The van der Waals surface area contributed by atoms with Crippen LogP contribution in [0.25, 0.3) is 5.52 Å². The van der Waals surface area contributed by atoms with Gasteiger partial charge in [-0.25, -0.2) is 13.9 Å². The van der Waals surface area contributed by atoms with Crippen molar-refractivity contribution >= 4 is 11.3 Å². The molecule has 3 heterocycles. The SMILES string of the molecule is Cc1cc([C@@H]2O[C@H](CO)[C@@H](C)[C@H]2F)n2ncnc(N)c12. The zero-order chi connectivity index (χ0) is 14.4. The zero-order valence-electron chi connectivity index (χ0n) is 11.3. The van der Waals surface area contributed by atoms with E-state index in [1.807, 2.05) is 13.0 Å². The number of rotatable bonds is 2. The highest BCUT2D eigenvalue weighted by Gasteiger charge is 2.44. The Hall–Kier alpha value is -1.73. The first-order valence-corrected chi connectivity index (χ1v) is 6.53. The molecule has 108 valence electrons. The molecule has 2 aromatic rings. The normalized spacial score (nSPS) is 30.2. The Bertz CT molecular complexity index is 645. The summed E-state index contributed by atoms with van der Waals surface area (Å²) < 4.78 is 21.6. The van der Waals surface area contributed by atoms with Gasteiger partial charge < -0.3 is 15.6 Å². The van der Waals surface area contributed by atoms with E-state index in [1.165, 1.54) is 6.33 Å². The van der Waals surface area contributed by atoms with Crippen LogP contribution < -0.4 is 5.73 Å². The van der Waals surface area contributed by atoms with Crippen molar-refractivity contribution in [2.24, 2.45) is 5.92 Å². The van der Waals surface area contributed by atoms with Crippen molar-refractivity contribution in [2.45, 2.75) is 32.2 Å². The van der Waals surface area contributed by atoms with Crippen molar-refractivity contribution in [1.29, 1.82) is 0 Å². The van der Waals surface area contributed by atoms with E-state index >= 15 is 0 Å². The maximum Gasteiger partial charge on any atom is 0.151 e. The fourth-order valence-electron chi connectivity index (χ4n) is 2.80. The summed E-state index contributed by atoms with van der Waals surface area (Å²) in [6, 6.07) is 1.81. The molecule has 0 saturated carbocycles. The maximum atomic E-state index is 14.4. The van der Waals surface area contributed by atoms with Gasteiger partial charge in [-0.3, -0.25) is 0 Å². The molecule has 7 heteroatoms. The van der Waals surface area contributed by atoms with Gasteiger partial charge in [-0.2, -0.15) is 5.10 Å². The second kappa shape index (κ2) is 4.68. The van der Waals surface area contributed by atoms with Crippen LogP contribution >= 0.6 is 0 Å². The molecule has 4 atom stereocenters. The molecule has 2 aromatic heterocycles. The molecule has 0 aliphatic carbocycles. The van der Waals surface area contributed by atoms with Crippen molar-refractivity contribution < 1.29 is 14.2 Å².